The minimum atomic E-state index is -0.134. The molecule has 1 rings (SSSR count). The van der Waals surface area contributed by atoms with Gasteiger partial charge in [0.15, 0.2) is 0 Å². The highest BCUT2D eigenvalue weighted by Gasteiger charge is 2.58. The lowest BCUT2D eigenvalue weighted by molar-refractivity contribution is -0.182. The molecule has 0 radical (unpaired) electrons. The first-order chi connectivity index (χ1) is 7.87. The third-order valence-electron chi connectivity index (χ3n) is 4.29. The van der Waals surface area contributed by atoms with Crippen LogP contribution in [0.4, 0.5) is 0 Å². The second kappa shape index (κ2) is 5.36. The van der Waals surface area contributed by atoms with Gasteiger partial charge in [0, 0.05) is 31.6 Å². The Balaban J connectivity index is 2.37. The number of carbonyl (C=O) groups is 1. The maximum absolute atomic E-state index is 11.7. The summed E-state index contributed by atoms with van der Waals surface area (Å²) in [5, 5.41) is 3.06. The molecule has 0 aromatic rings. The van der Waals surface area contributed by atoms with E-state index in [9.17, 15) is 4.79 Å². The Morgan fingerprint density at radius 3 is 2.53 bits per heavy atom. The number of hydrogen-bond acceptors (Lipinski definition) is 3. The summed E-state index contributed by atoms with van der Waals surface area (Å²) in [6, 6.07) is 0.196. The van der Waals surface area contributed by atoms with E-state index >= 15 is 0 Å². The van der Waals surface area contributed by atoms with Crippen molar-refractivity contribution in [3.63, 3.8) is 0 Å². The summed E-state index contributed by atoms with van der Waals surface area (Å²) in [5.74, 6) is 0.0645. The molecular weight excluding hydrogens is 218 g/mol. The van der Waals surface area contributed by atoms with E-state index < -0.39 is 0 Å². The van der Waals surface area contributed by atoms with Gasteiger partial charge in [0.2, 0.25) is 5.91 Å². The molecule has 1 saturated carbocycles. The number of methoxy groups -OCH3 is 1. The normalized spacial score (nSPS) is 30.8. The van der Waals surface area contributed by atoms with Crippen molar-refractivity contribution in [1.29, 1.82) is 0 Å². The standard InChI is InChI=1S/C13H25NO3/c1-6-17-8-7-11(15)14-10-9-13(4,16-5)12(10,2)3/h10H,6-9H2,1-5H3,(H,14,15). The molecule has 1 amide bonds. The van der Waals surface area contributed by atoms with Crippen molar-refractivity contribution >= 4 is 5.91 Å². The number of rotatable bonds is 6. The molecule has 4 nitrogen and oxygen atoms in total. The molecule has 2 unspecified atom stereocenters. The Hall–Kier alpha value is -0.610. The van der Waals surface area contributed by atoms with Gasteiger partial charge >= 0.3 is 0 Å². The average molecular weight is 243 g/mol. The predicted molar refractivity (Wildman–Crippen MR) is 66.9 cm³/mol. The number of hydrogen-bond donors (Lipinski definition) is 1. The molecule has 0 saturated heterocycles. The molecule has 0 aliphatic heterocycles. The Labute approximate surface area is 104 Å². The van der Waals surface area contributed by atoms with E-state index in [1.54, 1.807) is 7.11 Å². The number of ether oxygens (including phenoxy) is 2. The maximum Gasteiger partial charge on any atom is 0.222 e. The summed E-state index contributed by atoms with van der Waals surface area (Å²) in [6.07, 6.45) is 1.31. The third kappa shape index (κ3) is 2.80. The number of carbonyl (C=O) groups excluding carboxylic acids is 1. The van der Waals surface area contributed by atoms with Gasteiger partial charge in [0.1, 0.15) is 0 Å². The van der Waals surface area contributed by atoms with E-state index in [1.807, 2.05) is 6.92 Å². The molecule has 1 aliphatic carbocycles. The number of amides is 1. The molecular formula is C13H25NO3. The van der Waals surface area contributed by atoms with Gasteiger partial charge in [-0.05, 0) is 20.3 Å². The Bertz CT molecular complexity index is 278. The van der Waals surface area contributed by atoms with Crippen molar-refractivity contribution < 1.29 is 14.3 Å². The lowest BCUT2D eigenvalue weighted by Crippen LogP contribution is -2.68. The highest BCUT2D eigenvalue weighted by atomic mass is 16.5. The van der Waals surface area contributed by atoms with Gasteiger partial charge in [-0.15, -0.1) is 0 Å². The van der Waals surface area contributed by atoms with Crippen molar-refractivity contribution in [2.75, 3.05) is 20.3 Å². The second-order valence-corrected chi connectivity index (χ2v) is 5.43. The summed E-state index contributed by atoms with van der Waals surface area (Å²) in [6.45, 7) is 9.44. The summed E-state index contributed by atoms with van der Waals surface area (Å²) < 4.78 is 10.7. The van der Waals surface area contributed by atoms with E-state index in [4.69, 9.17) is 9.47 Å². The molecule has 1 fully saturated rings. The summed E-state index contributed by atoms with van der Waals surface area (Å²) >= 11 is 0. The van der Waals surface area contributed by atoms with Crippen molar-refractivity contribution in [2.45, 2.75) is 52.2 Å². The minimum absolute atomic E-state index is 0.0248. The first-order valence-electron chi connectivity index (χ1n) is 6.29. The first kappa shape index (κ1) is 14.5. The fourth-order valence-corrected chi connectivity index (χ4v) is 2.30. The molecule has 0 aromatic carbocycles. The zero-order chi connectivity index (χ0) is 13.1. The van der Waals surface area contributed by atoms with Crippen LogP contribution in [0.25, 0.3) is 0 Å². The van der Waals surface area contributed by atoms with Crippen LogP contribution in [0.3, 0.4) is 0 Å². The van der Waals surface area contributed by atoms with E-state index in [-0.39, 0.29) is 23.0 Å². The Morgan fingerprint density at radius 2 is 2.06 bits per heavy atom. The Kier molecular flexibility index (Phi) is 4.55. The monoisotopic (exact) mass is 243 g/mol. The smallest absolute Gasteiger partial charge is 0.222 e. The van der Waals surface area contributed by atoms with Crippen LogP contribution in [0.5, 0.6) is 0 Å². The SMILES string of the molecule is CCOCCC(=O)NC1CC(C)(OC)C1(C)C. The van der Waals surface area contributed by atoms with Gasteiger partial charge in [-0.1, -0.05) is 13.8 Å². The molecule has 17 heavy (non-hydrogen) atoms. The van der Waals surface area contributed by atoms with Crippen LogP contribution in [-0.4, -0.2) is 37.9 Å². The van der Waals surface area contributed by atoms with Crippen LogP contribution in [-0.2, 0) is 14.3 Å². The van der Waals surface area contributed by atoms with E-state index in [0.29, 0.717) is 19.6 Å². The van der Waals surface area contributed by atoms with Crippen LogP contribution in [0, 0.1) is 5.41 Å². The molecule has 1 N–H and O–H groups in total. The molecule has 100 valence electrons. The average Bonchev–Trinajstić information content (AvgIpc) is 2.28. The zero-order valence-electron chi connectivity index (χ0n) is 11.6. The van der Waals surface area contributed by atoms with Crippen LogP contribution in [0.1, 0.15) is 40.5 Å². The lowest BCUT2D eigenvalue weighted by atomic mass is 9.56. The van der Waals surface area contributed by atoms with E-state index in [2.05, 4.69) is 26.1 Å². The van der Waals surface area contributed by atoms with Gasteiger partial charge in [-0.3, -0.25) is 4.79 Å². The van der Waals surface area contributed by atoms with Crippen LogP contribution in [0.15, 0.2) is 0 Å². The predicted octanol–water partition coefficient (Wildman–Crippen LogP) is 1.73. The zero-order valence-corrected chi connectivity index (χ0v) is 11.6. The van der Waals surface area contributed by atoms with Crippen molar-refractivity contribution in [1.82, 2.24) is 5.32 Å². The van der Waals surface area contributed by atoms with Gasteiger partial charge in [-0.2, -0.15) is 0 Å². The lowest BCUT2D eigenvalue weighted by Gasteiger charge is -2.59. The third-order valence-corrected chi connectivity index (χ3v) is 4.29. The minimum Gasteiger partial charge on any atom is -0.381 e. The summed E-state index contributed by atoms with van der Waals surface area (Å²) in [5.41, 5.74) is -0.159. The van der Waals surface area contributed by atoms with E-state index in [0.717, 1.165) is 6.42 Å². The van der Waals surface area contributed by atoms with Crippen molar-refractivity contribution in [3.05, 3.63) is 0 Å². The molecule has 0 aromatic heterocycles. The largest absolute Gasteiger partial charge is 0.381 e. The molecule has 4 heteroatoms. The van der Waals surface area contributed by atoms with E-state index in [1.165, 1.54) is 0 Å². The first-order valence-corrected chi connectivity index (χ1v) is 6.29. The summed E-state index contributed by atoms with van der Waals surface area (Å²) in [7, 11) is 1.73. The topological polar surface area (TPSA) is 47.6 Å². The maximum atomic E-state index is 11.7. The highest BCUT2D eigenvalue weighted by Crippen LogP contribution is 2.51. The quantitative estimate of drug-likeness (QED) is 0.723. The molecule has 2 atom stereocenters. The molecule has 1 aliphatic rings. The molecule has 0 spiro atoms. The van der Waals surface area contributed by atoms with Crippen LogP contribution in [0.2, 0.25) is 0 Å². The summed E-state index contributed by atoms with van der Waals surface area (Å²) in [4.78, 5) is 11.7. The van der Waals surface area contributed by atoms with Crippen LogP contribution >= 0.6 is 0 Å². The fraction of sp³-hybridized carbons (Fsp3) is 0.923. The van der Waals surface area contributed by atoms with Crippen LogP contribution < -0.4 is 5.32 Å². The van der Waals surface area contributed by atoms with Crippen molar-refractivity contribution in [3.8, 4) is 0 Å². The molecule has 0 bridgehead atoms. The molecule has 0 heterocycles. The highest BCUT2D eigenvalue weighted by molar-refractivity contribution is 5.76. The second-order valence-electron chi connectivity index (χ2n) is 5.43. The van der Waals surface area contributed by atoms with Gasteiger partial charge < -0.3 is 14.8 Å². The van der Waals surface area contributed by atoms with Gasteiger partial charge in [0.05, 0.1) is 12.2 Å². The van der Waals surface area contributed by atoms with Gasteiger partial charge in [-0.25, -0.2) is 0 Å². The van der Waals surface area contributed by atoms with Gasteiger partial charge in [0.25, 0.3) is 0 Å². The fourth-order valence-electron chi connectivity index (χ4n) is 2.30. The Morgan fingerprint density at radius 1 is 1.41 bits per heavy atom. The number of nitrogens with one attached hydrogen (secondary N) is 1. The van der Waals surface area contributed by atoms with Crippen molar-refractivity contribution in [2.24, 2.45) is 5.41 Å².